The lowest BCUT2D eigenvalue weighted by Gasteiger charge is -2.40. The summed E-state index contributed by atoms with van der Waals surface area (Å²) in [5.74, 6) is 1.47. The summed E-state index contributed by atoms with van der Waals surface area (Å²) >= 11 is 0. The van der Waals surface area contributed by atoms with Crippen LogP contribution in [0, 0.1) is 11.8 Å². The molecule has 3 atom stereocenters. The predicted octanol–water partition coefficient (Wildman–Crippen LogP) is 1.86. The third-order valence-electron chi connectivity index (χ3n) is 4.62. The van der Waals surface area contributed by atoms with E-state index in [9.17, 15) is 5.11 Å². The second-order valence-corrected chi connectivity index (χ2v) is 7.01. The van der Waals surface area contributed by atoms with Crippen molar-refractivity contribution in [3.63, 3.8) is 0 Å². The van der Waals surface area contributed by atoms with E-state index < -0.39 is 0 Å². The lowest BCUT2D eigenvalue weighted by atomic mass is 9.92. The number of hydrogen-bond acceptors (Lipinski definition) is 3. The van der Waals surface area contributed by atoms with Crippen molar-refractivity contribution in [3.05, 3.63) is 0 Å². The molecular weight excluding hydrogens is 224 g/mol. The van der Waals surface area contributed by atoms with E-state index in [4.69, 9.17) is 0 Å². The predicted molar refractivity (Wildman–Crippen MR) is 75.6 cm³/mol. The van der Waals surface area contributed by atoms with Gasteiger partial charge in [-0.1, -0.05) is 20.8 Å². The summed E-state index contributed by atoms with van der Waals surface area (Å²) in [7, 11) is 0. The van der Waals surface area contributed by atoms with Gasteiger partial charge in [-0.05, 0) is 38.0 Å². The number of hydrogen-bond donors (Lipinski definition) is 2. The summed E-state index contributed by atoms with van der Waals surface area (Å²) < 4.78 is 0. The molecule has 18 heavy (non-hydrogen) atoms. The second kappa shape index (κ2) is 5.48. The van der Waals surface area contributed by atoms with Crippen LogP contribution in [0.25, 0.3) is 0 Å². The van der Waals surface area contributed by atoms with Crippen LogP contribution in [0.15, 0.2) is 0 Å². The van der Waals surface area contributed by atoms with Crippen LogP contribution < -0.4 is 5.32 Å². The standard InChI is InChI=1S/C15H30N2O/c1-11(2)16-15(10-18,14-5-6-14)9-17-8-12(3)7-13(17)4/h11-14,16,18H,5-10H2,1-4H3. The van der Waals surface area contributed by atoms with E-state index in [1.807, 2.05) is 0 Å². The van der Waals surface area contributed by atoms with Gasteiger partial charge < -0.3 is 10.4 Å². The Morgan fingerprint density at radius 3 is 2.39 bits per heavy atom. The Morgan fingerprint density at radius 1 is 1.33 bits per heavy atom. The average molecular weight is 254 g/mol. The highest BCUT2D eigenvalue weighted by atomic mass is 16.3. The molecular formula is C15H30N2O. The van der Waals surface area contributed by atoms with Gasteiger partial charge in [0.05, 0.1) is 12.1 Å². The van der Waals surface area contributed by atoms with Crippen LogP contribution in [0.2, 0.25) is 0 Å². The summed E-state index contributed by atoms with van der Waals surface area (Å²) in [6.45, 7) is 11.5. The first kappa shape index (κ1) is 14.3. The van der Waals surface area contributed by atoms with Gasteiger partial charge in [-0.15, -0.1) is 0 Å². The highest BCUT2D eigenvalue weighted by Crippen LogP contribution is 2.41. The normalized spacial score (nSPS) is 33.0. The number of nitrogens with zero attached hydrogens (tertiary/aromatic N) is 1. The van der Waals surface area contributed by atoms with Gasteiger partial charge in [-0.2, -0.15) is 0 Å². The molecule has 1 aliphatic heterocycles. The Labute approximate surface area is 112 Å². The van der Waals surface area contributed by atoms with Crippen molar-refractivity contribution in [3.8, 4) is 0 Å². The maximum atomic E-state index is 9.96. The van der Waals surface area contributed by atoms with Crippen molar-refractivity contribution in [2.45, 2.75) is 64.6 Å². The third-order valence-corrected chi connectivity index (χ3v) is 4.62. The fraction of sp³-hybridized carbons (Fsp3) is 1.00. The maximum Gasteiger partial charge on any atom is 0.0628 e. The molecule has 2 rings (SSSR count). The fourth-order valence-corrected chi connectivity index (χ4v) is 3.70. The highest BCUT2D eigenvalue weighted by molar-refractivity contribution is 5.04. The van der Waals surface area contributed by atoms with Crippen molar-refractivity contribution >= 4 is 0 Å². The minimum Gasteiger partial charge on any atom is -0.394 e. The zero-order valence-electron chi connectivity index (χ0n) is 12.4. The van der Waals surface area contributed by atoms with Crippen molar-refractivity contribution in [1.82, 2.24) is 10.2 Å². The van der Waals surface area contributed by atoms with Crippen molar-refractivity contribution in [1.29, 1.82) is 0 Å². The molecule has 2 fully saturated rings. The summed E-state index contributed by atoms with van der Waals surface area (Å²) in [6.07, 6.45) is 3.85. The zero-order chi connectivity index (χ0) is 13.3. The van der Waals surface area contributed by atoms with Gasteiger partial charge in [-0.25, -0.2) is 0 Å². The van der Waals surface area contributed by atoms with Crippen LogP contribution in [0.4, 0.5) is 0 Å². The van der Waals surface area contributed by atoms with Crippen LogP contribution in [-0.4, -0.2) is 47.3 Å². The summed E-state index contributed by atoms with van der Waals surface area (Å²) in [5.41, 5.74) is -0.0630. The molecule has 0 spiro atoms. The van der Waals surface area contributed by atoms with E-state index in [1.54, 1.807) is 0 Å². The van der Waals surface area contributed by atoms with E-state index >= 15 is 0 Å². The molecule has 2 aliphatic rings. The van der Waals surface area contributed by atoms with Gasteiger partial charge in [0.2, 0.25) is 0 Å². The van der Waals surface area contributed by atoms with E-state index in [-0.39, 0.29) is 12.1 Å². The van der Waals surface area contributed by atoms with E-state index in [0.29, 0.717) is 18.0 Å². The first-order valence-electron chi connectivity index (χ1n) is 7.59. The lowest BCUT2D eigenvalue weighted by Crippen LogP contribution is -2.60. The average Bonchev–Trinajstić information content (AvgIpc) is 3.06. The molecule has 0 aromatic rings. The third kappa shape index (κ3) is 3.06. The smallest absolute Gasteiger partial charge is 0.0628 e. The minimum atomic E-state index is -0.0630. The van der Waals surface area contributed by atoms with E-state index in [2.05, 4.69) is 37.9 Å². The Bertz CT molecular complexity index is 278. The molecule has 0 aromatic carbocycles. The quantitative estimate of drug-likeness (QED) is 0.759. The van der Waals surface area contributed by atoms with Gasteiger partial charge in [0, 0.05) is 25.2 Å². The topological polar surface area (TPSA) is 35.5 Å². The fourth-order valence-electron chi connectivity index (χ4n) is 3.70. The van der Waals surface area contributed by atoms with Crippen molar-refractivity contribution in [2.75, 3.05) is 19.7 Å². The Morgan fingerprint density at radius 2 is 2.00 bits per heavy atom. The van der Waals surface area contributed by atoms with E-state index in [0.717, 1.165) is 12.5 Å². The number of rotatable bonds is 6. The number of aliphatic hydroxyl groups excluding tert-OH is 1. The first-order chi connectivity index (χ1) is 8.47. The SMILES string of the molecule is CC1CC(C)N(CC(CO)(NC(C)C)C2CC2)C1. The number of aliphatic hydroxyl groups is 1. The summed E-state index contributed by atoms with van der Waals surface area (Å²) in [6, 6.07) is 1.10. The molecule has 3 heteroatoms. The molecule has 0 bridgehead atoms. The van der Waals surface area contributed by atoms with Crippen LogP contribution >= 0.6 is 0 Å². The molecule has 1 saturated heterocycles. The molecule has 1 heterocycles. The molecule has 0 amide bonds. The second-order valence-electron chi connectivity index (χ2n) is 7.01. The number of nitrogens with one attached hydrogen (secondary N) is 1. The van der Waals surface area contributed by atoms with E-state index in [1.165, 1.54) is 25.8 Å². The molecule has 3 unspecified atom stereocenters. The van der Waals surface area contributed by atoms with Crippen LogP contribution in [0.3, 0.4) is 0 Å². The van der Waals surface area contributed by atoms with Crippen LogP contribution in [-0.2, 0) is 0 Å². The zero-order valence-corrected chi connectivity index (χ0v) is 12.4. The molecule has 106 valence electrons. The van der Waals surface area contributed by atoms with Crippen molar-refractivity contribution < 1.29 is 5.11 Å². The van der Waals surface area contributed by atoms with Gasteiger partial charge in [0.1, 0.15) is 0 Å². The Kier molecular flexibility index (Phi) is 4.35. The first-order valence-corrected chi connectivity index (χ1v) is 7.59. The van der Waals surface area contributed by atoms with Gasteiger partial charge in [0.15, 0.2) is 0 Å². The Hall–Kier alpha value is -0.120. The minimum absolute atomic E-state index is 0.0630. The van der Waals surface area contributed by atoms with Gasteiger partial charge >= 0.3 is 0 Å². The molecule has 0 aromatic heterocycles. The largest absolute Gasteiger partial charge is 0.394 e. The molecule has 0 radical (unpaired) electrons. The molecule has 3 nitrogen and oxygen atoms in total. The van der Waals surface area contributed by atoms with Crippen molar-refractivity contribution in [2.24, 2.45) is 11.8 Å². The molecule has 2 N–H and O–H groups in total. The highest BCUT2D eigenvalue weighted by Gasteiger charge is 2.47. The maximum absolute atomic E-state index is 9.96. The monoisotopic (exact) mass is 254 g/mol. The number of likely N-dealkylation sites (tertiary alicyclic amines) is 1. The molecule has 1 saturated carbocycles. The van der Waals surface area contributed by atoms with Crippen LogP contribution in [0.1, 0.15) is 47.0 Å². The van der Waals surface area contributed by atoms with Gasteiger partial charge in [-0.3, -0.25) is 4.90 Å². The molecule has 1 aliphatic carbocycles. The Balaban J connectivity index is 2.04. The summed E-state index contributed by atoms with van der Waals surface area (Å²) in [5, 5.41) is 13.6. The van der Waals surface area contributed by atoms with Gasteiger partial charge in [0.25, 0.3) is 0 Å². The lowest BCUT2D eigenvalue weighted by molar-refractivity contribution is 0.0802. The van der Waals surface area contributed by atoms with Crippen LogP contribution in [0.5, 0.6) is 0 Å². The summed E-state index contributed by atoms with van der Waals surface area (Å²) in [4.78, 5) is 2.58.